The highest BCUT2D eigenvalue weighted by molar-refractivity contribution is 5.44. The van der Waals surface area contributed by atoms with Crippen molar-refractivity contribution in [2.24, 2.45) is 0 Å². The van der Waals surface area contributed by atoms with Gasteiger partial charge in [0.25, 0.3) is 0 Å². The second-order valence-electron chi connectivity index (χ2n) is 4.08. The molecule has 0 unspecified atom stereocenters. The highest BCUT2D eigenvalue weighted by Crippen LogP contribution is 2.16. The lowest BCUT2D eigenvalue weighted by molar-refractivity contribution is 1.04. The highest BCUT2D eigenvalue weighted by atomic mass is 15.2. The van der Waals surface area contributed by atoms with Gasteiger partial charge in [0.1, 0.15) is 0 Å². The number of aryl methyl sites for hydroxylation is 2. The van der Waals surface area contributed by atoms with Crippen LogP contribution in [0.25, 0.3) is 5.69 Å². The Hall–Kier alpha value is -2.03. The molecule has 0 bridgehead atoms. The molecule has 0 radical (unpaired) electrons. The van der Waals surface area contributed by atoms with E-state index in [1.807, 2.05) is 19.2 Å². The van der Waals surface area contributed by atoms with E-state index in [1.54, 1.807) is 0 Å². The molecule has 0 spiro atoms. The van der Waals surface area contributed by atoms with E-state index in [9.17, 15) is 0 Å². The van der Waals surface area contributed by atoms with E-state index < -0.39 is 0 Å². The summed E-state index contributed by atoms with van der Waals surface area (Å²) in [7, 11) is 0. The Balaban J connectivity index is 2.36. The number of imidazole rings is 1. The van der Waals surface area contributed by atoms with E-state index in [1.165, 1.54) is 5.56 Å². The molecule has 0 aliphatic heterocycles. The summed E-state index contributed by atoms with van der Waals surface area (Å²) < 4.78 is 2.05. The summed E-state index contributed by atoms with van der Waals surface area (Å²) in [5.74, 6) is 0.853. The summed E-state index contributed by atoms with van der Waals surface area (Å²) in [5, 5.41) is 3.23. The average Bonchev–Trinajstić information content (AvgIpc) is 2.69. The minimum absolute atomic E-state index is 0.711. The predicted molar refractivity (Wildman–Crippen MR) is 71.7 cm³/mol. The average molecular weight is 227 g/mol. The number of nitrogens with one attached hydrogen (secondary N) is 1. The first kappa shape index (κ1) is 11.5. The maximum atomic E-state index is 4.45. The molecule has 1 aromatic carbocycles. The first-order valence-electron chi connectivity index (χ1n) is 5.68. The molecule has 2 aromatic rings. The normalized spacial score (nSPS) is 10.2. The van der Waals surface area contributed by atoms with Crippen molar-refractivity contribution in [3.05, 3.63) is 54.4 Å². The summed E-state index contributed by atoms with van der Waals surface area (Å²) in [5.41, 5.74) is 3.37. The molecule has 0 atom stereocenters. The maximum absolute atomic E-state index is 4.45. The van der Waals surface area contributed by atoms with Gasteiger partial charge in [-0.05, 0) is 26.0 Å². The van der Waals surface area contributed by atoms with Crippen LogP contribution in [0.15, 0.2) is 43.1 Å². The minimum Gasteiger partial charge on any atom is -0.352 e. The Morgan fingerprint density at radius 1 is 1.29 bits per heavy atom. The van der Waals surface area contributed by atoms with E-state index in [0.29, 0.717) is 6.54 Å². The Kier molecular flexibility index (Phi) is 3.28. The van der Waals surface area contributed by atoms with Gasteiger partial charge < -0.3 is 5.32 Å². The van der Waals surface area contributed by atoms with Crippen molar-refractivity contribution in [1.29, 1.82) is 0 Å². The zero-order valence-corrected chi connectivity index (χ0v) is 10.3. The van der Waals surface area contributed by atoms with Crippen LogP contribution in [0.2, 0.25) is 0 Å². The molecule has 3 heteroatoms. The van der Waals surface area contributed by atoms with Gasteiger partial charge in [0, 0.05) is 18.4 Å². The van der Waals surface area contributed by atoms with Crippen LogP contribution in [0.5, 0.6) is 0 Å². The third-order valence-electron chi connectivity index (χ3n) is 2.54. The number of nitrogens with zero attached hydrogens (tertiary/aromatic N) is 2. The van der Waals surface area contributed by atoms with Crippen LogP contribution in [0.1, 0.15) is 11.3 Å². The fourth-order valence-electron chi connectivity index (χ4n) is 1.69. The van der Waals surface area contributed by atoms with E-state index in [0.717, 1.165) is 17.3 Å². The van der Waals surface area contributed by atoms with E-state index in [-0.39, 0.29) is 0 Å². The SMILES string of the molecule is C=CCNc1nc(C)cn1-c1ccc(C)cc1. The minimum atomic E-state index is 0.711. The number of hydrogen-bond donors (Lipinski definition) is 1. The number of rotatable bonds is 4. The molecule has 1 heterocycles. The lowest BCUT2D eigenvalue weighted by atomic mass is 10.2. The quantitative estimate of drug-likeness (QED) is 0.813. The van der Waals surface area contributed by atoms with E-state index in [2.05, 4.69) is 52.6 Å². The van der Waals surface area contributed by atoms with Crippen LogP contribution in [0, 0.1) is 13.8 Å². The fraction of sp³-hybridized carbons (Fsp3) is 0.214. The van der Waals surface area contributed by atoms with Gasteiger partial charge in [0.15, 0.2) is 0 Å². The Morgan fingerprint density at radius 3 is 2.65 bits per heavy atom. The van der Waals surface area contributed by atoms with Gasteiger partial charge in [-0.25, -0.2) is 4.98 Å². The number of anilines is 1. The van der Waals surface area contributed by atoms with Crippen molar-refractivity contribution in [2.75, 3.05) is 11.9 Å². The number of aromatic nitrogens is 2. The van der Waals surface area contributed by atoms with Crippen LogP contribution in [0.3, 0.4) is 0 Å². The van der Waals surface area contributed by atoms with Crippen LogP contribution < -0.4 is 5.32 Å². The molecule has 88 valence electrons. The summed E-state index contributed by atoms with van der Waals surface area (Å²) in [6.07, 6.45) is 3.85. The van der Waals surface area contributed by atoms with Crippen molar-refractivity contribution in [3.63, 3.8) is 0 Å². The van der Waals surface area contributed by atoms with Crippen LogP contribution in [0.4, 0.5) is 5.95 Å². The largest absolute Gasteiger partial charge is 0.352 e. The third kappa shape index (κ3) is 2.56. The van der Waals surface area contributed by atoms with Gasteiger partial charge in [-0.1, -0.05) is 23.8 Å². The first-order chi connectivity index (χ1) is 8.20. The highest BCUT2D eigenvalue weighted by Gasteiger charge is 2.05. The molecule has 0 fully saturated rings. The Morgan fingerprint density at radius 2 is 2.00 bits per heavy atom. The van der Waals surface area contributed by atoms with Crippen LogP contribution in [-0.4, -0.2) is 16.1 Å². The number of hydrogen-bond acceptors (Lipinski definition) is 2. The molecule has 0 aliphatic carbocycles. The topological polar surface area (TPSA) is 29.9 Å². The number of benzene rings is 1. The molecule has 17 heavy (non-hydrogen) atoms. The van der Waals surface area contributed by atoms with Crippen molar-refractivity contribution in [1.82, 2.24) is 9.55 Å². The molecule has 1 aromatic heterocycles. The molecule has 3 nitrogen and oxygen atoms in total. The molecular formula is C14H17N3. The van der Waals surface area contributed by atoms with Crippen molar-refractivity contribution in [3.8, 4) is 5.69 Å². The second kappa shape index (κ2) is 4.87. The lowest BCUT2D eigenvalue weighted by Gasteiger charge is -2.08. The van der Waals surface area contributed by atoms with Crippen molar-refractivity contribution >= 4 is 5.95 Å². The second-order valence-corrected chi connectivity index (χ2v) is 4.08. The summed E-state index contributed by atoms with van der Waals surface area (Å²) in [4.78, 5) is 4.45. The summed E-state index contributed by atoms with van der Waals surface area (Å²) in [6, 6.07) is 8.38. The Bertz CT molecular complexity index is 509. The standard InChI is InChI=1S/C14H17N3/c1-4-9-15-14-16-12(3)10-17(14)13-7-5-11(2)6-8-13/h4-8,10H,1,9H2,2-3H3,(H,15,16). The Labute approximate surface area is 102 Å². The molecule has 0 amide bonds. The third-order valence-corrected chi connectivity index (χ3v) is 2.54. The predicted octanol–water partition coefficient (Wildman–Crippen LogP) is 3.09. The maximum Gasteiger partial charge on any atom is 0.207 e. The molecule has 0 saturated heterocycles. The van der Waals surface area contributed by atoms with E-state index >= 15 is 0 Å². The van der Waals surface area contributed by atoms with Gasteiger partial charge in [-0.3, -0.25) is 4.57 Å². The molecule has 1 N–H and O–H groups in total. The monoisotopic (exact) mass is 227 g/mol. The van der Waals surface area contributed by atoms with Crippen molar-refractivity contribution in [2.45, 2.75) is 13.8 Å². The van der Waals surface area contributed by atoms with Gasteiger partial charge in [-0.2, -0.15) is 0 Å². The van der Waals surface area contributed by atoms with Gasteiger partial charge in [0.05, 0.1) is 5.69 Å². The first-order valence-corrected chi connectivity index (χ1v) is 5.68. The van der Waals surface area contributed by atoms with Crippen LogP contribution >= 0.6 is 0 Å². The molecular weight excluding hydrogens is 210 g/mol. The molecule has 0 saturated carbocycles. The smallest absolute Gasteiger partial charge is 0.207 e. The molecule has 2 rings (SSSR count). The zero-order chi connectivity index (χ0) is 12.3. The van der Waals surface area contributed by atoms with Crippen molar-refractivity contribution < 1.29 is 0 Å². The van der Waals surface area contributed by atoms with Crippen LogP contribution in [-0.2, 0) is 0 Å². The lowest BCUT2D eigenvalue weighted by Crippen LogP contribution is -2.05. The zero-order valence-electron chi connectivity index (χ0n) is 10.3. The van der Waals surface area contributed by atoms with Gasteiger partial charge >= 0.3 is 0 Å². The van der Waals surface area contributed by atoms with Gasteiger partial charge in [-0.15, -0.1) is 6.58 Å². The summed E-state index contributed by atoms with van der Waals surface area (Å²) in [6.45, 7) is 8.48. The summed E-state index contributed by atoms with van der Waals surface area (Å²) >= 11 is 0. The van der Waals surface area contributed by atoms with Gasteiger partial charge in [0.2, 0.25) is 5.95 Å². The molecule has 0 aliphatic rings. The van der Waals surface area contributed by atoms with E-state index in [4.69, 9.17) is 0 Å². The fourth-order valence-corrected chi connectivity index (χ4v) is 1.69.